The summed E-state index contributed by atoms with van der Waals surface area (Å²) in [5.41, 5.74) is -3.58. The van der Waals surface area contributed by atoms with E-state index in [9.17, 15) is 28.3 Å². The van der Waals surface area contributed by atoms with Gasteiger partial charge in [0.2, 0.25) is 5.72 Å². The van der Waals surface area contributed by atoms with Crippen molar-refractivity contribution in [1.82, 2.24) is 5.32 Å². The Labute approximate surface area is 190 Å². The lowest BCUT2D eigenvalue weighted by Crippen LogP contribution is -2.66. The number of benzene rings is 1. The molecule has 2 heterocycles. The average molecular weight is 485 g/mol. The Morgan fingerprint density at radius 3 is 2.65 bits per heavy atom. The fourth-order valence-corrected chi connectivity index (χ4v) is 5.26. The molecule has 0 amide bonds. The highest BCUT2D eigenvalue weighted by molar-refractivity contribution is 8.03. The molecule has 2 aromatic rings. The first-order valence-electron chi connectivity index (χ1n) is 8.93. The summed E-state index contributed by atoms with van der Waals surface area (Å²) in [6, 6.07) is 10.9. The van der Waals surface area contributed by atoms with Crippen LogP contribution in [0.1, 0.15) is 21.2 Å². The van der Waals surface area contributed by atoms with Crippen LogP contribution < -0.4 is 5.32 Å². The number of ketones is 1. The number of halogens is 4. The van der Waals surface area contributed by atoms with Crippen LogP contribution >= 0.6 is 34.7 Å². The Balaban J connectivity index is 2.34. The molecule has 2 N–H and O–H groups in total. The third-order valence-electron chi connectivity index (χ3n) is 4.83. The fraction of sp³-hybridized carbons (Fsp3) is 0.238. The largest absolute Gasteiger partial charge is 0.437 e. The topological polar surface area (TPSA) is 73.1 Å². The summed E-state index contributed by atoms with van der Waals surface area (Å²) in [7, 11) is 0. The second-order valence-electron chi connectivity index (χ2n) is 6.66. The van der Waals surface area contributed by atoms with E-state index in [0.29, 0.717) is 0 Å². The van der Waals surface area contributed by atoms with Crippen molar-refractivity contribution in [1.29, 1.82) is 5.26 Å². The van der Waals surface area contributed by atoms with Gasteiger partial charge < -0.3 is 10.4 Å². The molecule has 0 saturated heterocycles. The van der Waals surface area contributed by atoms with Gasteiger partial charge in [0.05, 0.1) is 27.5 Å². The lowest BCUT2D eigenvalue weighted by Gasteiger charge is -2.45. The van der Waals surface area contributed by atoms with Crippen molar-refractivity contribution in [2.24, 2.45) is 5.92 Å². The highest BCUT2D eigenvalue weighted by atomic mass is 35.5. The van der Waals surface area contributed by atoms with Crippen LogP contribution in [0.25, 0.3) is 0 Å². The van der Waals surface area contributed by atoms with Gasteiger partial charge in [0.25, 0.3) is 0 Å². The number of thiophene rings is 1. The van der Waals surface area contributed by atoms with Crippen LogP contribution in [0.4, 0.5) is 13.2 Å². The van der Waals surface area contributed by atoms with E-state index in [1.165, 1.54) is 30.3 Å². The number of hydrogen-bond donors (Lipinski definition) is 2. The number of aliphatic hydroxyl groups is 1. The summed E-state index contributed by atoms with van der Waals surface area (Å²) in [5, 5.41) is 24.4. The summed E-state index contributed by atoms with van der Waals surface area (Å²) in [6.45, 7) is 3.54. The van der Waals surface area contributed by atoms with Crippen molar-refractivity contribution in [3.63, 3.8) is 0 Å². The molecule has 0 radical (unpaired) electrons. The molecule has 0 aliphatic carbocycles. The minimum Gasteiger partial charge on any atom is -0.363 e. The van der Waals surface area contributed by atoms with Gasteiger partial charge in [-0.15, -0.1) is 29.7 Å². The number of thioether (sulfide) groups is 1. The molecule has 1 aromatic heterocycles. The molecule has 162 valence electrons. The number of nitrogens with zero attached hydrogens (tertiary/aromatic N) is 1. The molecule has 1 aliphatic heterocycles. The van der Waals surface area contributed by atoms with Crippen molar-refractivity contribution < 1.29 is 23.1 Å². The zero-order chi connectivity index (χ0) is 22.8. The summed E-state index contributed by atoms with van der Waals surface area (Å²) in [5.74, 6) is -4.25. The number of allylic oxidation sites excluding steroid dienone is 1. The molecule has 4 nitrogen and oxygen atoms in total. The fourth-order valence-electron chi connectivity index (χ4n) is 3.47. The molecule has 0 saturated carbocycles. The quantitative estimate of drug-likeness (QED) is 0.419. The highest BCUT2D eigenvalue weighted by Gasteiger charge is 2.66. The molecule has 1 aromatic carbocycles. The van der Waals surface area contributed by atoms with Gasteiger partial charge in [-0.05, 0) is 23.1 Å². The molecular weight excluding hydrogens is 469 g/mol. The summed E-state index contributed by atoms with van der Waals surface area (Å²) in [4.78, 5) is 13.3. The van der Waals surface area contributed by atoms with Crippen molar-refractivity contribution in [2.45, 2.75) is 17.8 Å². The predicted molar refractivity (Wildman–Crippen MR) is 116 cm³/mol. The molecular formula is C21H16ClF3N2O2S2. The van der Waals surface area contributed by atoms with E-state index in [0.717, 1.165) is 23.1 Å². The van der Waals surface area contributed by atoms with E-state index >= 15 is 0 Å². The maximum Gasteiger partial charge on any atom is 0.437 e. The normalized spacial score (nSPS) is 23.7. The average Bonchev–Trinajstić information content (AvgIpc) is 3.26. The van der Waals surface area contributed by atoms with Crippen molar-refractivity contribution >= 4 is 40.5 Å². The number of Topliss-reactive ketones (excluding diaryl/α,β-unsaturated/α-hetero) is 1. The van der Waals surface area contributed by atoms with E-state index < -0.39 is 29.5 Å². The SMILES string of the molecule is C=CCSC1=C(C#N)[C@H](c2ccccc2Cl)[C@@H](C(=O)c2cccs2)[C@@](O)(C(F)(F)F)N1. The van der Waals surface area contributed by atoms with E-state index in [1.54, 1.807) is 17.5 Å². The van der Waals surface area contributed by atoms with Gasteiger partial charge in [-0.2, -0.15) is 18.4 Å². The second-order valence-corrected chi connectivity index (χ2v) is 9.05. The molecule has 0 unspecified atom stereocenters. The standard InChI is InChI=1S/C21H16ClF3N2O2S2/c1-2-9-31-19-13(11-26)16(12-6-3-4-7-14(12)22)17(18(28)15-8-5-10-30-15)20(29,27-19)21(23,24)25/h2-8,10,16-17,27,29H,1,9H2/t16-,17-,20+/m0/s1. The minimum absolute atomic E-state index is 0.0333. The molecule has 0 spiro atoms. The molecule has 1 aliphatic rings. The van der Waals surface area contributed by atoms with Crippen LogP contribution in [0.5, 0.6) is 0 Å². The van der Waals surface area contributed by atoms with E-state index in [2.05, 4.69) is 11.9 Å². The van der Waals surface area contributed by atoms with Crippen LogP contribution in [0, 0.1) is 17.2 Å². The van der Waals surface area contributed by atoms with Gasteiger partial charge in [0.15, 0.2) is 5.78 Å². The summed E-state index contributed by atoms with van der Waals surface area (Å²) in [6.07, 6.45) is -3.78. The Morgan fingerprint density at radius 2 is 2.10 bits per heavy atom. The maximum absolute atomic E-state index is 14.3. The van der Waals surface area contributed by atoms with Crippen LogP contribution in [0.3, 0.4) is 0 Å². The first-order chi connectivity index (χ1) is 14.7. The molecule has 3 atom stereocenters. The molecule has 3 rings (SSSR count). The van der Waals surface area contributed by atoms with E-state index in [1.807, 2.05) is 6.07 Å². The zero-order valence-electron chi connectivity index (χ0n) is 15.8. The van der Waals surface area contributed by atoms with Crippen molar-refractivity contribution in [3.05, 3.63) is 80.5 Å². The lowest BCUT2D eigenvalue weighted by atomic mass is 9.70. The smallest absolute Gasteiger partial charge is 0.363 e. The number of nitrogens with one attached hydrogen (secondary N) is 1. The Kier molecular flexibility index (Phi) is 6.86. The molecule has 0 fully saturated rings. The van der Waals surface area contributed by atoms with Gasteiger partial charge in [-0.1, -0.05) is 41.9 Å². The number of alkyl halides is 3. The Morgan fingerprint density at radius 1 is 1.39 bits per heavy atom. The van der Waals surface area contributed by atoms with Gasteiger partial charge >= 0.3 is 6.18 Å². The number of carbonyl (C=O) groups is 1. The van der Waals surface area contributed by atoms with Crippen LogP contribution in [-0.2, 0) is 0 Å². The Bertz CT molecular complexity index is 1060. The van der Waals surface area contributed by atoms with Crippen molar-refractivity contribution in [2.75, 3.05) is 5.75 Å². The Hall–Kier alpha value is -2.25. The molecule has 0 bridgehead atoms. The van der Waals surface area contributed by atoms with Crippen LogP contribution in [0.2, 0.25) is 5.02 Å². The number of rotatable bonds is 6. The lowest BCUT2D eigenvalue weighted by molar-refractivity contribution is -0.285. The number of nitriles is 1. The van der Waals surface area contributed by atoms with Crippen molar-refractivity contribution in [3.8, 4) is 6.07 Å². The second kappa shape index (κ2) is 9.09. The first-order valence-corrected chi connectivity index (χ1v) is 11.2. The first kappa shape index (κ1) is 23.4. The summed E-state index contributed by atoms with van der Waals surface area (Å²) < 4.78 is 42.8. The zero-order valence-corrected chi connectivity index (χ0v) is 18.2. The predicted octanol–water partition coefficient (Wildman–Crippen LogP) is 5.49. The van der Waals surface area contributed by atoms with Gasteiger partial charge in [0.1, 0.15) is 0 Å². The van der Waals surface area contributed by atoms with Gasteiger partial charge in [-0.25, -0.2) is 0 Å². The molecule has 31 heavy (non-hydrogen) atoms. The third kappa shape index (κ3) is 4.26. The van der Waals surface area contributed by atoms with Crippen LogP contribution in [-0.4, -0.2) is 28.5 Å². The monoisotopic (exact) mass is 484 g/mol. The summed E-state index contributed by atoms with van der Waals surface area (Å²) >= 11 is 8.12. The van der Waals surface area contributed by atoms with Crippen LogP contribution in [0.15, 0.2) is 65.0 Å². The van der Waals surface area contributed by atoms with E-state index in [-0.39, 0.29) is 31.8 Å². The molecule has 10 heteroatoms. The third-order valence-corrected chi connectivity index (χ3v) is 7.07. The number of hydrogen-bond acceptors (Lipinski definition) is 6. The minimum atomic E-state index is -5.23. The van der Waals surface area contributed by atoms with Gasteiger partial charge in [-0.3, -0.25) is 4.79 Å². The number of carbonyl (C=O) groups excluding carboxylic acids is 1. The highest BCUT2D eigenvalue weighted by Crippen LogP contribution is 2.52. The maximum atomic E-state index is 14.3. The van der Waals surface area contributed by atoms with Gasteiger partial charge in [0, 0.05) is 16.7 Å². The van der Waals surface area contributed by atoms with E-state index in [4.69, 9.17) is 11.6 Å².